The van der Waals surface area contributed by atoms with Gasteiger partial charge in [0.25, 0.3) is 0 Å². The van der Waals surface area contributed by atoms with Gasteiger partial charge >= 0.3 is 0 Å². The van der Waals surface area contributed by atoms with Gasteiger partial charge < -0.3 is 4.42 Å². The number of rotatable bonds is 0. The highest BCUT2D eigenvalue weighted by Crippen LogP contribution is 2.30. The average Bonchev–Trinajstić information content (AvgIpc) is 2.46. The maximum atomic E-state index is 8.69. The SMILES string of the molecule is N#Cc1cc(Br)c2oc(Cl)cc2c1. The first-order chi connectivity index (χ1) is 6.20. The lowest BCUT2D eigenvalue weighted by Gasteiger charge is -1.92. The van der Waals surface area contributed by atoms with E-state index < -0.39 is 0 Å². The van der Waals surface area contributed by atoms with Gasteiger partial charge in [-0.3, -0.25) is 0 Å². The summed E-state index contributed by atoms with van der Waals surface area (Å²) in [5, 5.41) is 9.85. The molecule has 4 heteroatoms. The van der Waals surface area contributed by atoms with Gasteiger partial charge in [-0.05, 0) is 39.7 Å². The van der Waals surface area contributed by atoms with Crippen LogP contribution in [0.1, 0.15) is 5.56 Å². The fraction of sp³-hybridized carbons (Fsp3) is 0. The van der Waals surface area contributed by atoms with Crippen LogP contribution in [0.2, 0.25) is 5.22 Å². The third-order valence-electron chi connectivity index (χ3n) is 1.67. The predicted octanol–water partition coefficient (Wildman–Crippen LogP) is 3.72. The summed E-state index contributed by atoms with van der Waals surface area (Å²) < 4.78 is 5.95. The molecule has 0 spiro atoms. The van der Waals surface area contributed by atoms with Crippen molar-refractivity contribution in [3.63, 3.8) is 0 Å². The summed E-state index contributed by atoms with van der Waals surface area (Å²) in [6.07, 6.45) is 0. The van der Waals surface area contributed by atoms with Crippen molar-refractivity contribution >= 4 is 38.5 Å². The van der Waals surface area contributed by atoms with Crippen molar-refractivity contribution in [2.75, 3.05) is 0 Å². The van der Waals surface area contributed by atoms with Gasteiger partial charge in [0.05, 0.1) is 16.1 Å². The molecule has 1 heterocycles. The quantitative estimate of drug-likeness (QED) is 0.720. The zero-order chi connectivity index (χ0) is 9.42. The van der Waals surface area contributed by atoms with Crippen LogP contribution >= 0.6 is 27.5 Å². The second kappa shape index (κ2) is 3.06. The first-order valence-corrected chi connectivity index (χ1v) is 4.66. The van der Waals surface area contributed by atoms with Crippen LogP contribution in [0.5, 0.6) is 0 Å². The Morgan fingerprint density at radius 3 is 2.85 bits per heavy atom. The Kier molecular flexibility index (Phi) is 2.03. The predicted molar refractivity (Wildman–Crippen MR) is 53.6 cm³/mol. The van der Waals surface area contributed by atoms with Crippen LogP contribution < -0.4 is 0 Å². The topological polar surface area (TPSA) is 36.9 Å². The molecule has 0 saturated carbocycles. The number of nitrogens with zero attached hydrogens (tertiary/aromatic N) is 1. The van der Waals surface area contributed by atoms with Gasteiger partial charge in [-0.2, -0.15) is 5.26 Å². The van der Waals surface area contributed by atoms with Gasteiger partial charge in [-0.15, -0.1) is 0 Å². The van der Waals surface area contributed by atoms with E-state index in [4.69, 9.17) is 21.3 Å². The molecule has 0 unspecified atom stereocenters. The lowest BCUT2D eigenvalue weighted by Crippen LogP contribution is -1.74. The third-order valence-corrected chi connectivity index (χ3v) is 2.45. The summed E-state index contributed by atoms with van der Waals surface area (Å²) in [5.41, 5.74) is 1.25. The largest absolute Gasteiger partial charge is 0.444 e. The molecule has 13 heavy (non-hydrogen) atoms. The summed E-state index contributed by atoms with van der Waals surface area (Å²) in [4.78, 5) is 0. The molecule has 0 N–H and O–H groups in total. The molecular formula is C9H3BrClNO. The minimum absolute atomic E-state index is 0.325. The van der Waals surface area contributed by atoms with Gasteiger partial charge in [0.15, 0.2) is 5.22 Å². The van der Waals surface area contributed by atoms with E-state index in [-0.39, 0.29) is 0 Å². The number of benzene rings is 1. The molecule has 0 atom stereocenters. The summed E-state index contributed by atoms with van der Waals surface area (Å²) >= 11 is 8.98. The van der Waals surface area contributed by atoms with E-state index in [0.29, 0.717) is 16.4 Å². The molecule has 64 valence electrons. The fourth-order valence-electron chi connectivity index (χ4n) is 1.14. The molecule has 0 aliphatic rings. The number of hydrogen-bond donors (Lipinski definition) is 0. The minimum atomic E-state index is 0.325. The molecule has 2 nitrogen and oxygen atoms in total. The molecule has 0 bridgehead atoms. The van der Waals surface area contributed by atoms with Crippen LogP contribution in [-0.4, -0.2) is 0 Å². The Morgan fingerprint density at radius 2 is 2.15 bits per heavy atom. The standard InChI is InChI=1S/C9H3BrClNO/c10-7-2-5(4-12)1-6-3-8(11)13-9(6)7/h1-3H. The first kappa shape index (κ1) is 8.61. The zero-order valence-electron chi connectivity index (χ0n) is 6.34. The van der Waals surface area contributed by atoms with Crippen molar-refractivity contribution in [3.8, 4) is 6.07 Å². The molecule has 0 saturated heterocycles. The highest BCUT2D eigenvalue weighted by molar-refractivity contribution is 9.10. The van der Waals surface area contributed by atoms with Crippen LogP contribution in [0.3, 0.4) is 0 Å². The van der Waals surface area contributed by atoms with Gasteiger partial charge in [-0.1, -0.05) is 0 Å². The van der Waals surface area contributed by atoms with Crippen molar-refractivity contribution in [1.29, 1.82) is 5.26 Å². The summed E-state index contributed by atoms with van der Waals surface area (Å²) in [5.74, 6) is 0. The lowest BCUT2D eigenvalue weighted by atomic mass is 10.2. The maximum Gasteiger partial charge on any atom is 0.194 e. The number of nitriles is 1. The van der Waals surface area contributed by atoms with Crippen molar-refractivity contribution < 1.29 is 4.42 Å². The van der Waals surface area contributed by atoms with Crippen LogP contribution in [0.25, 0.3) is 11.0 Å². The van der Waals surface area contributed by atoms with Crippen molar-refractivity contribution in [1.82, 2.24) is 0 Å². The van der Waals surface area contributed by atoms with Crippen LogP contribution in [-0.2, 0) is 0 Å². The first-order valence-electron chi connectivity index (χ1n) is 3.49. The van der Waals surface area contributed by atoms with E-state index >= 15 is 0 Å². The highest BCUT2D eigenvalue weighted by Gasteiger charge is 2.07. The summed E-state index contributed by atoms with van der Waals surface area (Å²) in [7, 11) is 0. The Labute approximate surface area is 87.8 Å². The molecule has 0 aliphatic heterocycles. The molecule has 0 aliphatic carbocycles. The Bertz CT molecular complexity index is 512. The molecule has 0 amide bonds. The van der Waals surface area contributed by atoms with Crippen LogP contribution in [0.4, 0.5) is 0 Å². The minimum Gasteiger partial charge on any atom is -0.444 e. The monoisotopic (exact) mass is 255 g/mol. The molecule has 0 radical (unpaired) electrons. The van der Waals surface area contributed by atoms with E-state index in [1.807, 2.05) is 0 Å². The molecular weight excluding hydrogens is 253 g/mol. The summed E-state index contributed by atoms with van der Waals surface area (Å²) in [6, 6.07) is 7.17. The van der Waals surface area contributed by atoms with E-state index in [0.717, 1.165) is 9.86 Å². The average molecular weight is 256 g/mol. The molecule has 2 aromatic rings. The Hall–Kier alpha value is -0.980. The number of furan rings is 1. The van der Waals surface area contributed by atoms with Crippen LogP contribution in [0, 0.1) is 11.3 Å². The second-order valence-corrected chi connectivity index (χ2v) is 3.77. The maximum absolute atomic E-state index is 8.69. The van der Waals surface area contributed by atoms with E-state index in [9.17, 15) is 0 Å². The van der Waals surface area contributed by atoms with E-state index in [2.05, 4.69) is 22.0 Å². The third kappa shape index (κ3) is 1.43. The smallest absolute Gasteiger partial charge is 0.194 e. The van der Waals surface area contributed by atoms with Crippen molar-refractivity contribution in [2.24, 2.45) is 0 Å². The number of hydrogen-bond acceptors (Lipinski definition) is 2. The van der Waals surface area contributed by atoms with Gasteiger partial charge in [0, 0.05) is 11.5 Å². The van der Waals surface area contributed by atoms with Gasteiger partial charge in [0.2, 0.25) is 0 Å². The fourth-order valence-corrected chi connectivity index (χ4v) is 1.89. The second-order valence-electron chi connectivity index (χ2n) is 2.54. The normalized spacial score (nSPS) is 10.2. The Morgan fingerprint density at radius 1 is 1.38 bits per heavy atom. The van der Waals surface area contributed by atoms with E-state index in [1.165, 1.54) is 0 Å². The summed E-state index contributed by atoms with van der Waals surface area (Å²) in [6.45, 7) is 0. The zero-order valence-corrected chi connectivity index (χ0v) is 8.69. The van der Waals surface area contributed by atoms with Crippen LogP contribution in [0.15, 0.2) is 27.1 Å². The van der Waals surface area contributed by atoms with Crippen molar-refractivity contribution in [2.45, 2.75) is 0 Å². The molecule has 1 aromatic heterocycles. The number of halogens is 2. The number of fused-ring (bicyclic) bond motifs is 1. The van der Waals surface area contributed by atoms with Gasteiger partial charge in [-0.25, -0.2) is 0 Å². The molecule has 1 aromatic carbocycles. The lowest BCUT2D eigenvalue weighted by molar-refractivity contribution is 0.616. The molecule has 2 rings (SSSR count). The van der Waals surface area contributed by atoms with E-state index in [1.54, 1.807) is 18.2 Å². The highest BCUT2D eigenvalue weighted by atomic mass is 79.9. The Balaban J connectivity index is 2.85. The van der Waals surface area contributed by atoms with Crippen molar-refractivity contribution in [3.05, 3.63) is 33.5 Å². The molecule has 0 fully saturated rings. The van der Waals surface area contributed by atoms with Gasteiger partial charge in [0.1, 0.15) is 5.58 Å².